The van der Waals surface area contributed by atoms with Crippen molar-refractivity contribution < 1.29 is 9.53 Å². The summed E-state index contributed by atoms with van der Waals surface area (Å²) in [5.41, 5.74) is 5.14. The molecule has 1 atom stereocenters. The van der Waals surface area contributed by atoms with Crippen LogP contribution in [-0.4, -0.2) is 12.9 Å². The minimum Gasteiger partial charge on any atom is -0.497 e. The first-order valence-corrected chi connectivity index (χ1v) is 13.7. The van der Waals surface area contributed by atoms with Gasteiger partial charge in [0, 0.05) is 5.92 Å². The summed E-state index contributed by atoms with van der Waals surface area (Å²) in [6, 6.07) is 16.9. The molecule has 0 amide bonds. The predicted octanol–water partition coefficient (Wildman–Crippen LogP) is 8.86. The molecule has 0 saturated heterocycles. The van der Waals surface area contributed by atoms with Crippen LogP contribution < -0.4 is 4.74 Å². The molecule has 182 valence electrons. The van der Waals surface area contributed by atoms with Crippen LogP contribution in [0.4, 0.5) is 0 Å². The van der Waals surface area contributed by atoms with Gasteiger partial charge in [0.05, 0.1) is 7.11 Å². The lowest BCUT2D eigenvalue weighted by atomic mass is 9.74. The van der Waals surface area contributed by atoms with Crippen molar-refractivity contribution in [2.75, 3.05) is 7.11 Å². The first-order chi connectivity index (χ1) is 16.7. The van der Waals surface area contributed by atoms with E-state index in [1.807, 2.05) is 30.3 Å². The molecule has 1 unspecified atom stereocenters. The van der Waals surface area contributed by atoms with Crippen molar-refractivity contribution in [3.63, 3.8) is 0 Å². The highest BCUT2D eigenvalue weighted by atomic mass is 16.5. The SMILES string of the molecule is CCCCCCCC1CCC(c2ccccc2C2=CC(=O)C(c3ccc(OC)cc3)CC2)CC1. The zero-order valence-electron chi connectivity index (χ0n) is 21.2. The molecule has 2 heteroatoms. The van der Waals surface area contributed by atoms with Crippen molar-refractivity contribution in [3.8, 4) is 5.75 Å². The Bertz CT molecular complexity index is 947. The molecule has 0 aliphatic heterocycles. The molecule has 1 saturated carbocycles. The van der Waals surface area contributed by atoms with Crippen LogP contribution in [0.25, 0.3) is 5.57 Å². The Morgan fingerprint density at radius 2 is 1.59 bits per heavy atom. The number of methoxy groups -OCH3 is 1. The summed E-state index contributed by atoms with van der Waals surface area (Å²) in [6.07, 6.45) is 17.5. The first-order valence-electron chi connectivity index (χ1n) is 13.7. The van der Waals surface area contributed by atoms with E-state index in [9.17, 15) is 4.79 Å². The van der Waals surface area contributed by atoms with Crippen LogP contribution in [0.15, 0.2) is 54.6 Å². The van der Waals surface area contributed by atoms with E-state index in [2.05, 4.69) is 31.2 Å². The van der Waals surface area contributed by atoms with Crippen LogP contribution in [0.3, 0.4) is 0 Å². The molecular formula is C32H42O2. The van der Waals surface area contributed by atoms with Crippen molar-refractivity contribution in [2.24, 2.45) is 5.92 Å². The van der Waals surface area contributed by atoms with Crippen LogP contribution in [0.2, 0.25) is 0 Å². The van der Waals surface area contributed by atoms with Crippen molar-refractivity contribution in [1.29, 1.82) is 0 Å². The second-order valence-electron chi connectivity index (χ2n) is 10.4. The van der Waals surface area contributed by atoms with Gasteiger partial charge < -0.3 is 4.74 Å². The molecular weight excluding hydrogens is 416 g/mol. The number of carbonyl (C=O) groups excluding carboxylic acids is 1. The Labute approximate surface area is 206 Å². The molecule has 2 aromatic rings. The number of ether oxygens (including phenoxy) is 1. The average Bonchev–Trinajstić information content (AvgIpc) is 2.89. The molecule has 1 fully saturated rings. The lowest BCUT2D eigenvalue weighted by Gasteiger charge is -2.31. The smallest absolute Gasteiger partial charge is 0.163 e. The summed E-state index contributed by atoms with van der Waals surface area (Å²) in [6.45, 7) is 2.29. The van der Waals surface area contributed by atoms with E-state index in [-0.39, 0.29) is 11.7 Å². The monoisotopic (exact) mass is 458 g/mol. The number of allylic oxidation sites excluding steroid dienone is 2. The van der Waals surface area contributed by atoms with Gasteiger partial charge in [0.25, 0.3) is 0 Å². The quantitative estimate of drug-likeness (QED) is 0.332. The minimum atomic E-state index is -0.0328. The highest BCUT2D eigenvalue weighted by molar-refractivity contribution is 6.03. The molecule has 2 aromatic carbocycles. The van der Waals surface area contributed by atoms with E-state index >= 15 is 0 Å². The molecule has 34 heavy (non-hydrogen) atoms. The number of ketones is 1. The number of unbranched alkanes of at least 4 members (excludes halogenated alkanes) is 4. The normalized spacial score (nSPS) is 22.9. The zero-order valence-corrected chi connectivity index (χ0v) is 21.2. The molecule has 2 aliphatic rings. The van der Waals surface area contributed by atoms with Crippen molar-refractivity contribution in [1.82, 2.24) is 0 Å². The summed E-state index contributed by atoms with van der Waals surface area (Å²) < 4.78 is 5.27. The van der Waals surface area contributed by atoms with E-state index in [1.54, 1.807) is 7.11 Å². The van der Waals surface area contributed by atoms with Gasteiger partial charge in [0.15, 0.2) is 5.78 Å². The Morgan fingerprint density at radius 3 is 2.29 bits per heavy atom. The Balaban J connectivity index is 1.38. The van der Waals surface area contributed by atoms with E-state index in [0.717, 1.165) is 30.1 Å². The fourth-order valence-corrected chi connectivity index (χ4v) is 6.11. The molecule has 0 N–H and O–H groups in total. The maximum absolute atomic E-state index is 13.1. The largest absolute Gasteiger partial charge is 0.497 e. The Hall–Kier alpha value is -2.35. The highest BCUT2D eigenvalue weighted by Gasteiger charge is 2.28. The van der Waals surface area contributed by atoms with Crippen LogP contribution in [0, 0.1) is 5.92 Å². The zero-order chi connectivity index (χ0) is 23.8. The van der Waals surface area contributed by atoms with Gasteiger partial charge in [-0.25, -0.2) is 0 Å². The maximum atomic E-state index is 13.1. The second kappa shape index (κ2) is 12.4. The number of benzene rings is 2. The fourth-order valence-electron chi connectivity index (χ4n) is 6.11. The van der Waals surface area contributed by atoms with Crippen LogP contribution in [0.1, 0.15) is 112 Å². The molecule has 0 spiro atoms. The third kappa shape index (κ3) is 6.20. The number of hydrogen-bond acceptors (Lipinski definition) is 2. The molecule has 0 radical (unpaired) electrons. The summed E-state index contributed by atoms with van der Waals surface area (Å²) in [7, 11) is 1.67. The Kier molecular flexibility index (Phi) is 9.02. The van der Waals surface area contributed by atoms with Gasteiger partial charge in [-0.05, 0) is 90.8 Å². The molecule has 4 rings (SSSR count). The topological polar surface area (TPSA) is 26.3 Å². The van der Waals surface area contributed by atoms with Gasteiger partial charge in [0.2, 0.25) is 0 Å². The molecule has 2 aliphatic carbocycles. The van der Waals surface area contributed by atoms with Crippen molar-refractivity contribution >= 4 is 11.4 Å². The van der Waals surface area contributed by atoms with Gasteiger partial charge in [-0.1, -0.05) is 81.8 Å². The predicted molar refractivity (Wildman–Crippen MR) is 142 cm³/mol. The Morgan fingerprint density at radius 1 is 0.853 bits per heavy atom. The van der Waals surface area contributed by atoms with Gasteiger partial charge >= 0.3 is 0 Å². The van der Waals surface area contributed by atoms with Crippen molar-refractivity contribution in [3.05, 3.63) is 71.3 Å². The third-order valence-corrected chi connectivity index (χ3v) is 8.19. The van der Waals surface area contributed by atoms with Crippen LogP contribution in [0.5, 0.6) is 5.75 Å². The average molecular weight is 459 g/mol. The highest BCUT2D eigenvalue weighted by Crippen LogP contribution is 2.42. The third-order valence-electron chi connectivity index (χ3n) is 8.19. The van der Waals surface area contributed by atoms with Gasteiger partial charge in [-0.3, -0.25) is 4.79 Å². The van der Waals surface area contributed by atoms with E-state index < -0.39 is 0 Å². The lowest BCUT2D eigenvalue weighted by molar-refractivity contribution is -0.116. The maximum Gasteiger partial charge on any atom is 0.163 e. The lowest BCUT2D eigenvalue weighted by Crippen LogP contribution is -2.17. The van der Waals surface area contributed by atoms with E-state index in [4.69, 9.17) is 4.74 Å². The summed E-state index contributed by atoms with van der Waals surface area (Å²) in [4.78, 5) is 13.1. The molecule has 2 nitrogen and oxygen atoms in total. The number of rotatable bonds is 10. The van der Waals surface area contributed by atoms with Gasteiger partial charge in [0.1, 0.15) is 5.75 Å². The fraction of sp³-hybridized carbons (Fsp3) is 0.531. The molecule has 0 bridgehead atoms. The number of carbonyl (C=O) groups is 1. The van der Waals surface area contributed by atoms with E-state index in [1.165, 1.54) is 80.9 Å². The van der Waals surface area contributed by atoms with E-state index in [0.29, 0.717) is 5.92 Å². The van der Waals surface area contributed by atoms with Crippen LogP contribution in [-0.2, 0) is 4.79 Å². The molecule has 0 aromatic heterocycles. The van der Waals surface area contributed by atoms with Gasteiger partial charge in [-0.15, -0.1) is 0 Å². The summed E-state index contributed by atoms with van der Waals surface area (Å²) in [5, 5.41) is 0. The molecule has 0 heterocycles. The first kappa shape index (κ1) is 24.8. The van der Waals surface area contributed by atoms with Crippen LogP contribution >= 0.6 is 0 Å². The summed E-state index contributed by atoms with van der Waals surface area (Å²) >= 11 is 0. The summed E-state index contributed by atoms with van der Waals surface area (Å²) in [5.74, 6) is 2.61. The standard InChI is InChI=1S/C32H42O2/c1-3-4-5-6-7-10-24-13-15-25(16-14-24)29-11-8-9-12-30(29)27-19-22-31(32(33)23-27)26-17-20-28(34-2)21-18-26/h8-9,11-12,17-18,20-21,23-25,31H,3-7,10,13-16,19,22H2,1-2H3. The minimum absolute atomic E-state index is 0.0328. The second-order valence-corrected chi connectivity index (χ2v) is 10.4. The number of hydrogen-bond donors (Lipinski definition) is 0. The van der Waals surface area contributed by atoms with Crippen molar-refractivity contribution in [2.45, 2.75) is 95.8 Å². The van der Waals surface area contributed by atoms with Gasteiger partial charge in [-0.2, -0.15) is 0 Å².